The van der Waals surface area contributed by atoms with Crippen LogP contribution in [-0.2, 0) is 4.79 Å². The van der Waals surface area contributed by atoms with Crippen molar-refractivity contribution in [3.05, 3.63) is 12.2 Å². The number of hydrogen-bond donors (Lipinski definition) is 0. The Morgan fingerprint density at radius 2 is 2.30 bits per heavy atom. The highest BCUT2D eigenvalue weighted by Crippen LogP contribution is 2.09. The van der Waals surface area contributed by atoms with Gasteiger partial charge >= 0.3 is 0 Å². The zero-order valence-electron chi connectivity index (χ0n) is 6.76. The van der Waals surface area contributed by atoms with Crippen molar-refractivity contribution in [3.8, 4) is 0 Å². The Balaban J connectivity index is 3.43. The Morgan fingerprint density at radius 1 is 1.70 bits per heavy atom. The quantitative estimate of drug-likeness (QED) is 0.584. The van der Waals surface area contributed by atoms with Crippen LogP contribution >= 0.6 is 11.8 Å². The highest BCUT2D eigenvalue weighted by atomic mass is 32.2. The highest BCUT2D eigenvalue weighted by molar-refractivity contribution is 7.99. The third kappa shape index (κ3) is 5.89. The summed E-state index contributed by atoms with van der Waals surface area (Å²) in [4.78, 5) is 10.4. The van der Waals surface area contributed by atoms with Gasteiger partial charge in [0.15, 0.2) is 5.78 Å². The van der Waals surface area contributed by atoms with Gasteiger partial charge in [-0.25, -0.2) is 0 Å². The third-order valence-electron chi connectivity index (χ3n) is 1.22. The van der Waals surface area contributed by atoms with Crippen LogP contribution in [0.4, 0.5) is 0 Å². The summed E-state index contributed by atoms with van der Waals surface area (Å²) in [5.74, 6) is 0.133. The first kappa shape index (κ1) is 9.76. The lowest BCUT2D eigenvalue weighted by atomic mass is 10.3. The van der Waals surface area contributed by atoms with Gasteiger partial charge in [0.1, 0.15) is 0 Å². The molecule has 1 unspecified atom stereocenters. The molecule has 0 saturated carbocycles. The molecule has 0 spiro atoms. The van der Waals surface area contributed by atoms with Crippen molar-refractivity contribution in [3.63, 3.8) is 0 Å². The Morgan fingerprint density at radius 3 is 2.70 bits per heavy atom. The van der Waals surface area contributed by atoms with Crippen molar-refractivity contribution in [2.75, 3.05) is 6.26 Å². The van der Waals surface area contributed by atoms with Crippen LogP contribution in [0, 0.1) is 0 Å². The van der Waals surface area contributed by atoms with E-state index in [1.165, 1.54) is 0 Å². The molecule has 58 valence electrons. The van der Waals surface area contributed by atoms with Crippen molar-refractivity contribution in [1.82, 2.24) is 0 Å². The molecule has 0 N–H and O–H groups in total. The minimum atomic E-state index is 0.133. The average Bonchev–Trinajstić information content (AvgIpc) is 1.87. The topological polar surface area (TPSA) is 17.1 Å². The molecule has 1 atom stereocenters. The molecule has 0 aliphatic carbocycles. The van der Waals surface area contributed by atoms with E-state index < -0.39 is 0 Å². The predicted molar refractivity (Wildman–Crippen MR) is 47.4 cm³/mol. The van der Waals surface area contributed by atoms with E-state index in [2.05, 4.69) is 13.2 Å². The summed E-state index contributed by atoms with van der Waals surface area (Å²) in [6.07, 6.45) is 6.63. The lowest BCUT2D eigenvalue weighted by Gasteiger charge is -2.00. The molecule has 0 amide bonds. The van der Waals surface area contributed by atoms with Gasteiger partial charge in [-0.3, -0.25) is 4.79 Å². The van der Waals surface area contributed by atoms with Gasteiger partial charge < -0.3 is 0 Å². The molecular weight excluding hydrogens is 144 g/mol. The number of carbonyl (C=O) groups excluding carboxylic acids is 1. The molecule has 0 aromatic heterocycles. The Hall–Kier alpha value is -0.240. The molecule has 0 aromatic carbocycles. The Labute approximate surface area is 66.9 Å². The van der Waals surface area contributed by atoms with Crippen molar-refractivity contribution < 1.29 is 4.79 Å². The first-order chi connectivity index (χ1) is 4.66. The third-order valence-corrected chi connectivity index (χ3v) is 2.22. The van der Waals surface area contributed by atoms with Crippen molar-refractivity contribution in [1.29, 1.82) is 0 Å². The molecule has 0 fully saturated rings. The molecule has 0 saturated heterocycles. The van der Waals surface area contributed by atoms with E-state index in [0.29, 0.717) is 5.25 Å². The van der Waals surface area contributed by atoms with Gasteiger partial charge in [-0.15, -0.1) is 0 Å². The van der Waals surface area contributed by atoms with Gasteiger partial charge in [0, 0.05) is 5.25 Å². The Bertz CT molecular complexity index is 129. The molecule has 0 bridgehead atoms. The number of allylic oxidation sites excluding steroid dienone is 2. The van der Waals surface area contributed by atoms with Crippen LogP contribution in [0.5, 0.6) is 0 Å². The summed E-state index contributed by atoms with van der Waals surface area (Å²) in [6.45, 7) is 3.72. The number of thioether (sulfide) groups is 1. The van der Waals surface area contributed by atoms with E-state index in [0.717, 1.165) is 6.42 Å². The average molecular weight is 158 g/mol. The monoisotopic (exact) mass is 158 g/mol. The van der Waals surface area contributed by atoms with E-state index in [9.17, 15) is 4.79 Å². The molecule has 0 rings (SSSR count). The van der Waals surface area contributed by atoms with Crippen molar-refractivity contribution in [2.24, 2.45) is 0 Å². The van der Waals surface area contributed by atoms with E-state index in [-0.39, 0.29) is 5.78 Å². The molecule has 0 aliphatic heterocycles. The van der Waals surface area contributed by atoms with Crippen molar-refractivity contribution in [2.45, 2.75) is 25.5 Å². The summed E-state index contributed by atoms with van der Waals surface area (Å²) in [6, 6.07) is 0. The maximum absolute atomic E-state index is 10.4. The standard InChI is InChI=1S/C8H14OS/c1-7(9)5-4-6-8(2)10-3/h4-5,8H,6H2,1-3H3. The zero-order valence-corrected chi connectivity index (χ0v) is 7.57. The normalized spacial score (nSPS) is 13.9. The predicted octanol–water partition coefficient (Wildman–Crippen LogP) is 2.27. The second-order valence-electron chi connectivity index (χ2n) is 2.30. The molecule has 2 heteroatoms. The summed E-state index contributed by atoms with van der Waals surface area (Å²) in [5.41, 5.74) is 0. The summed E-state index contributed by atoms with van der Waals surface area (Å²) in [7, 11) is 0. The maximum atomic E-state index is 10.4. The van der Waals surface area contributed by atoms with Crippen LogP contribution in [0.3, 0.4) is 0 Å². The number of ketones is 1. The van der Waals surface area contributed by atoms with Crippen LogP contribution in [0.2, 0.25) is 0 Å². The van der Waals surface area contributed by atoms with Gasteiger partial charge in [0.25, 0.3) is 0 Å². The largest absolute Gasteiger partial charge is 0.295 e. The van der Waals surface area contributed by atoms with Crippen LogP contribution < -0.4 is 0 Å². The van der Waals surface area contributed by atoms with E-state index in [1.54, 1.807) is 13.0 Å². The minimum Gasteiger partial charge on any atom is -0.295 e. The van der Waals surface area contributed by atoms with Gasteiger partial charge in [-0.05, 0) is 25.7 Å². The summed E-state index contributed by atoms with van der Waals surface area (Å²) >= 11 is 1.81. The van der Waals surface area contributed by atoms with E-state index >= 15 is 0 Å². The van der Waals surface area contributed by atoms with Gasteiger partial charge in [0.2, 0.25) is 0 Å². The maximum Gasteiger partial charge on any atom is 0.152 e. The molecule has 0 aliphatic rings. The number of rotatable bonds is 4. The number of carbonyl (C=O) groups is 1. The SMILES string of the molecule is CSC(C)CC=CC(C)=O. The van der Waals surface area contributed by atoms with Crippen LogP contribution in [0.15, 0.2) is 12.2 Å². The summed E-state index contributed by atoms with van der Waals surface area (Å²) < 4.78 is 0. The Kier molecular flexibility index (Phi) is 5.40. The fourth-order valence-electron chi connectivity index (χ4n) is 0.522. The number of hydrogen-bond acceptors (Lipinski definition) is 2. The minimum absolute atomic E-state index is 0.133. The molecule has 10 heavy (non-hydrogen) atoms. The zero-order chi connectivity index (χ0) is 7.98. The highest BCUT2D eigenvalue weighted by Gasteiger charge is 1.93. The van der Waals surface area contributed by atoms with Crippen LogP contribution in [-0.4, -0.2) is 17.3 Å². The molecule has 0 heterocycles. The smallest absolute Gasteiger partial charge is 0.152 e. The molecular formula is C8H14OS. The van der Waals surface area contributed by atoms with E-state index in [1.807, 2.05) is 17.8 Å². The van der Waals surface area contributed by atoms with Crippen LogP contribution in [0.1, 0.15) is 20.3 Å². The second kappa shape index (κ2) is 5.54. The summed E-state index contributed by atoms with van der Waals surface area (Å²) in [5, 5.41) is 0.621. The molecule has 0 aromatic rings. The van der Waals surface area contributed by atoms with Crippen LogP contribution in [0.25, 0.3) is 0 Å². The fraction of sp³-hybridized carbons (Fsp3) is 0.625. The molecule has 0 radical (unpaired) electrons. The first-order valence-electron chi connectivity index (χ1n) is 3.36. The van der Waals surface area contributed by atoms with Gasteiger partial charge in [-0.1, -0.05) is 13.0 Å². The lowest BCUT2D eigenvalue weighted by molar-refractivity contribution is -0.112. The lowest BCUT2D eigenvalue weighted by Crippen LogP contribution is -1.91. The first-order valence-corrected chi connectivity index (χ1v) is 4.65. The fourth-order valence-corrected chi connectivity index (χ4v) is 0.825. The second-order valence-corrected chi connectivity index (χ2v) is 3.57. The molecule has 1 nitrogen and oxygen atoms in total. The van der Waals surface area contributed by atoms with Gasteiger partial charge in [0.05, 0.1) is 0 Å². The van der Waals surface area contributed by atoms with E-state index in [4.69, 9.17) is 0 Å². The van der Waals surface area contributed by atoms with Gasteiger partial charge in [-0.2, -0.15) is 11.8 Å². The van der Waals surface area contributed by atoms with Crippen molar-refractivity contribution >= 4 is 17.5 Å².